The van der Waals surface area contributed by atoms with E-state index in [9.17, 15) is 14.7 Å². The molecule has 11 nitrogen and oxygen atoms in total. The summed E-state index contributed by atoms with van der Waals surface area (Å²) in [5, 5.41) is 17.2. The number of fused-ring (bicyclic) bond motifs is 1. The van der Waals surface area contributed by atoms with Gasteiger partial charge in [0, 0.05) is 17.8 Å². The molecule has 5 rings (SSSR count). The minimum atomic E-state index is -0.944. The van der Waals surface area contributed by atoms with Crippen molar-refractivity contribution in [1.29, 1.82) is 0 Å². The van der Waals surface area contributed by atoms with E-state index in [0.717, 1.165) is 25.7 Å². The lowest BCUT2D eigenvalue weighted by Gasteiger charge is -2.57. The first kappa shape index (κ1) is 24.0. The summed E-state index contributed by atoms with van der Waals surface area (Å²) in [7, 11) is 0. The largest absolute Gasteiger partial charge is 0.489 e. The molecule has 2 amide bonds. The first-order chi connectivity index (χ1) is 17.1. The average Bonchev–Trinajstić information content (AvgIpc) is 3.18. The fourth-order valence-electron chi connectivity index (χ4n) is 5.08. The highest BCUT2D eigenvalue weighted by Gasteiger charge is 2.54. The Kier molecular flexibility index (Phi) is 6.03. The van der Waals surface area contributed by atoms with E-state index in [1.165, 1.54) is 6.33 Å². The molecular formula is C25H30N6O5. The van der Waals surface area contributed by atoms with Crippen molar-refractivity contribution in [2.45, 2.75) is 63.7 Å². The molecule has 1 spiro atoms. The third kappa shape index (κ3) is 5.11. The van der Waals surface area contributed by atoms with Crippen molar-refractivity contribution in [3.05, 3.63) is 48.2 Å². The van der Waals surface area contributed by atoms with Gasteiger partial charge in [0.2, 0.25) is 11.8 Å². The average molecular weight is 495 g/mol. The Labute approximate surface area is 208 Å². The Hall–Kier alpha value is -3.73. The minimum Gasteiger partial charge on any atom is -0.489 e. The van der Waals surface area contributed by atoms with Crippen LogP contribution in [0.5, 0.6) is 11.6 Å². The molecule has 11 heteroatoms. The van der Waals surface area contributed by atoms with E-state index in [1.807, 2.05) is 0 Å². The van der Waals surface area contributed by atoms with Crippen LogP contribution >= 0.6 is 0 Å². The highest BCUT2D eigenvalue weighted by Crippen LogP contribution is 2.56. The minimum absolute atomic E-state index is 0.0237. The summed E-state index contributed by atoms with van der Waals surface area (Å²) in [6, 6.07) is 3.66. The molecule has 0 saturated heterocycles. The highest BCUT2D eigenvalue weighted by atomic mass is 16.5. The molecule has 190 valence electrons. The Morgan fingerprint density at radius 3 is 2.75 bits per heavy atom. The molecule has 4 N–H and O–H groups in total. The molecule has 3 aromatic heterocycles. The zero-order valence-corrected chi connectivity index (χ0v) is 20.3. The molecule has 0 unspecified atom stereocenters. The van der Waals surface area contributed by atoms with E-state index < -0.39 is 11.5 Å². The van der Waals surface area contributed by atoms with Crippen LogP contribution in [-0.4, -0.2) is 60.9 Å². The van der Waals surface area contributed by atoms with Gasteiger partial charge < -0.3 is 25.6 Å². The van der Waals surface area contributed by atoms with Gasteiger partial charge in [0.25, 0.3) is 5.91 Å². The van der Waals surface area contributed by atoms with Crippen LogP contribution in [-0.2, 0) is 11.2 Å². The number of hydrogen-bond donors (Lipinski definition) is 3. The van der Waals surface area contributed by atoms with E-state index in [2.05, 4.69) is 20.4 Å². The van der Waals surface area contributed by atoms with E-state index in [0.29, 0.717) is 28.3 Å². The van der Waals surface area contributed by atoms with Crippen LogP contribution in [0.25, 0.3) is 5.52 Å². The Morgan fingerprint density at radius 1 is 1.25 bits per heavy atom. The monoisotopic (exact) mass is 494 g/mol. The van der Waals surface area contributed by atoms with Crippen molar-refractivity contribution in [2.75, 3.05) is 6.61 Å². The number of ether oxygens (including phenoxy) is 2. The molecule has 36 heavy (non-hydrogen) atoms. The quantitative estimate of drug-likeness (QED) is 0.404. The van der Waals surface area contributed by atoms with Gasteiger partial charge in [-0.1, -0.05) is 0 Å². The second kappa shape index (κ2) is 9.05. The number of primary amides is 1. The molecule has 3 heterocycles. The third-order valence-electron chi connectivity index (χ3n) is 6.73. The predicted octanol–water partition coefficient (Wildman–Crippen LogP) is 1.42. The van der Waals surface area contributed by atoms with Gasteiger partial charge >= 0.3 is 0 Å². The predicted molar refractivity (Wildman–Crippen MR) is 128 cm³/mol. The Balaban J connectivity index is 1.12. The van der Waals surface area contributed by atoms with Crippen LogP contribution < -0.4 is 20.5 Å². The summed E-state index contributed by atoms with van der Waals surface area (Å²) >= 11 is 0. The van der Waals surface area contributed by atoms with Gasteiger partial charge in [-0.05, 0) is 57.1 Å². The van der Waals surface area contributed by atoms with Gasteiger partial charge in [-0.25, -0.2) is 14.5 Å². The number of rotatable bonds is 9. The van der Waals surface area contributed by atoms with Gasteiger partial charge in [-0.2, -0.15) is 5.10 Å². The highest BCUT2D eigenvalue weighted by molar-refractivity contribution is 6.00. The van der Waals surface area contributed by atoms with Crippen molar-refractivity contribution in [2.24, 2.45) is 11.1 Å². The first-order valence-electron chi connectivity index (χ1n) is 12.0. The van der Waals surface area contributed by atoms with Crippen molar-refractivity contribution in [1.82, 2.24) is 24.9 Å². The number of nitrogens with zero attached hydrogens (tertiary/aromatic N) is 4. The van der Waals surface area contributed by atoms with Crippen molar-refractivity contribution >= 4 is 17.3 Å². The number of carbonyl (C=O) groups excluding carboxylic acids is 2. The number of aromatic nitrogens is 4. The number of pyridine rings is 1. The summed E-state index contributed by atoms with van der Waals surface area (Å²) in [6.45, 7) is 3.49. The van der Waals surface area contributed by atoms with Gasteiger partial charge in [-0.15, -0.1) is 0 Å². The van der Waals surface area contributed by atoms with E-state index in [1.54, 1.807) is 49.1 Å². The molecule has 0 radical (unpaired) electrons. The molecule has 0 atom stereocenters. The second-order valence-corrected chi connectivity index (χ2v) is 10.6. The van der Waals surface area contributed by atoms with E-state index >= 15 is 0 Å². The summed E-state index contributed by atoms with van der Waals surface area (Å²) in [4.78, 5) is 32.3. The normalized spacial score (nSPS) is 23.1. The fraction of sp³-hybridized carbons (Fsp3) is 0.480. The lowest BCUT2D eigenvalue weighted by atomic mass is 9.53. The molecule has 2 fully saturated rings. The molecule has 0 aliphatic heterocycles. The summed E-state index contributed by atoms with van der Waals surface area (Å²) < 4.78 is 13.2. The zero-order chi connectivity index (χ0) is 25.5. The number of amides is 2. The zero-order valence-electron chi connectivity index (χ0n) is 20.3. The van der Waals surface area contributed by atoms with Crippen molar-refractivity contribution < 1.29 is 24.2 Å². The molecule has 2 aliphatic rings. The van der Waals surface area contributed by atoms with Crippen LogP contribution in [0.3, 0.4) is 0 Å². The van der Waals surface area contributed by atoms with Crippen LogP contribution in [0.1, 0.15) is 55.5 Å². The maximum atomic E-state index is 12.9. The summed E-state index contributed by atoms with van der Waals surface area (Å²) in [5.41, 5.74) is 6.31. The van der Waals surface area contributed by atoms with Crippen molar-refractivity contribution in [3.63, 3.8) is 0 Å². The lowest BCUT2D eigenvalue weighted by molar-refractivity contribution is -0.117. The van der Waals surface area contributed by atoms with Crippen molar-refractivity contribution in [3.8, 4) is 11.6 Å². The van der Waals surface area contributed by atoms with Crippen LogP contribution in [0, 0.1) is 5.41 Å². The number of nitrogens with two attached hydrogens (primary N) is 1. The standard InChI is InChI=1S/C25H30N6O5/c1-24(2,34)13-35-17-3-4-20-19(11-29-31(20)12-17)22(33)30-16-6-25(7-16)8-18(9-25)36-23-15(5-21(26)32)10-27-14-28-23/h3-4,10-12,14,16,18,34H,5-9,13H2,1-2H3,(H2,26,32)(H,30,33). The first-order valence-corrected chi connectivity index (χ1v) is 12.0. The molecule has 2 saturated carbocycles. The Morgan fingerprint density at radius 2 is 2.03 bits per heavy atom. The molecule has 3 aromatic rings. The maximum absolute atomic E-state index is 12.9. The summed E-state index contributed by atoms with van der Waals surface area (Å²) in [6.07, 6.45) is 9.81. The Bertz CT molecular complexity index is 1290. The molecule has 2 aliphatic carbocycles. The topological polar surface area (TPSA) is 154 Å². The number of carbonyl (C=O) groups is 2. The van der Waals surface area contributed by atoms with E-state index in [4.69, 9.17) is 15.2 Å². The fourth-order valence-corrected chi connectivity index (χ4v) is 5.08. The van der Waals surface area contributed by atoms with Crippen LogP contribution in [0.4, 0.5) is 0 Å². The number of hydrogen-bond acceptors (Lipinski definition) is 8. The third-order valence-corrected chi connectivity index (χ3v) is 6.73. The SMILES string of the molecule is CC(C)(O)COc1ccc2c(C(=O)NC3CC4(C3)CC(Oc3ncncc3CC(N)=O)C4)cnn2c1. The smallest absolute Gasteiger partial charge is 0.255 e. The summed E-state index contributed by atoms with van der Waals surface area (Å²) in [5.74, 6) is 0.364. The van der Waals surface area contributed by atoms with Gasteiger partial charge in [-0.3, -0.25) is 9.59 Å². The maximum Gasteiger partial charge on any atom is 0.255 e. The number of nitrogens with one attached hydrogen (secondary N) is 1. The van der Waals surface area contributed by atoms with Gasteiger partial charge in [0.15, 0.2) is 0 Å². The van der Waals surface area contributed by atoms with Gasteiger partial charge in [0.1, 0.15) is 24.8 Å². The van der Waals surface area contributed by atoms with E-state index in [-0.39, 0.29) is 36.5 Å². The number of aliphatic hydroxyl groups is 1. The lowest BCUT2D eigenvalue weighted by Crippen LogP contribution is -2.58. The second-order valence-electron chi connectivity index (χ2n) is 10.6. The van der Waals surface area contributed by atoms with Crippen LogP contribution in [0.2, 0.25) is 0 Å². The molecule has 0 aromatic carbocycles. The molecular weight excluding hydrogens is 464 g/mol. The van der Waals surface area contributed by atoms with Crippen LogP contribution in [0.15, 0.2) is 37.1 Å². The molecule has 0 bridgehead atoms. The van der Waals surface area contributed by atoms with Gasteiger partial charge in [0.05, 0.1) is 35.5 Å².